The van der Waals surface area contributed by atoms with E-state index in [-0.39, 0.29) is 41.4 Å². The Bertz CT molecular complexity index is 1350. The highest BCUT2D eigenvalue weighted by atomic mass is 28.4. The Balaban J connectivity index is 1.99. The van der Waals surface area contributed by atoms with Crippen LogP contribution in [0.4, 0.5) is 0 Å². The van der Waals surface area contributed by atoms with Crippen LogP contribution in [0.25, 0.3) is 0 Å². The van der Waals surface area contributed by atoms with Gasteiger partial charge in [-0.15, -0.1) is 0 Å². The van der Waals surface area contributed by atoms with E-state index in [0.717, 1.165) is 6.42 Å². The number of hydrogen-bond donors (Lipinski definition) is 0. The van der Waals surface area contributed by atoms with Gasteiger partial charge in [-0.1, -0.05) is 88.9 Å². The van der Waals surface area contributed by atoms with Gasteiger partial charge >= 0.3 is 17.9 Å². The lowest BCUT2D eigenvalue weighted by atomic mass is 9.93. The van der Waals surface area contributed by atoms with Gasteiger partial charge in [-0.25, -0.2) is 14.4 Å². The van der Waals surface area contributed by atoms with E-state index < -0.39 is 32.3 Å². The average Bonchev–Trinajstić information content (AvgIpc) is 2.97. The molecule has 0 aromatic heterocycles. The number of esters is 3. The van der Waals surface area contributed by atoms with E-state index in [2.05, 4.69) is 53.4 Å². The lowest BCUT2D eigenvalue weighted by Gasteiger charge is -2.41. The van der Waals surface area contributed by atoms with E-state index in [1.165, 1.54) is 12.2 Å². The zero-order valence-corrected chi connectivity index (χ0v) is 27.8. The molecule has 1 aliphatic rings. The Morgan fingerprint density at radius 3 is 2.48 bits per heavy atom. The molecular weight excluding hydrogens is 572 g/mol. The first-order valence-electron chi connectivity index (χ1n) is 15.2. The molecule has 2 aromatic rings. The Hall–Kier alpha value is -3.75. The molecule has 0 fully saturated rings. The maximum Gasteiger partial charge on any atom is 0.343 e. The molecule has 3 rings (SSSR count). The Labute approximate surface area is 263 Å². The second kappa shape index (κ2) is 15.8. The molecule has 0 aliphatic carbocycles. The zero-order valence-electron chi connectivity index (χ0n) is 26.8. The number of ether oxygens (including phenoxy) is 3. The van der Waals surface area contributed by atoms with Gasteiger partial charge in [0.15, 0.2) is 8.32 Å². The molecule has 2 aromatic carbocycles. The maximum absolute atomic E-state index is 13.9. The second-order valence-corrected chi connectivity index (χ2v) is 17.4. The fourth-order valence-electron chi connectivity index (χ4n) is 4.59. The normalized spacial score (nSPS) is 20.4. The molecule has 3 atom stereocenters. The van der Waals surface area contributed by atoms with E-state index >= 15 is 0 Å². The molecule has 7 nitrogen and oxygen atoms in total. The summed E-state index contributed by atoms with van der Waals surface area (Å²) in [5.41, 5.74) is 1.27. The van der Waals surface area contributed by atoms with Crippen molar-refractivity contribution in [3.05, 3.63) is 102 Å². The SMILES string of the molecule is C=CCOC(=O)/C=C/C[C@H]1C[C@@H](O[Si](C)(C)C(C)(C)C)[C@@H](C)C/C=C/Cc2cccc(OC(=O)c3ccccc3)c2C(=O)O1. The standard InChI is InChI=1S/C36H46O7Si/c1-8-24-40-32(37)23-15-21-29-25-31(43-44(6,7)36(3,4)5)26(2)16-12-13-17-27-20-14-22-30(33(27)35(39)41-29)42-34(38)28-18-10-9-11-19-28/h8-15,18-20,22-23,26,29,31H,1,16-17,21,24-25H2,2-7H3/b13-12+,23-15+/t26-,29-,31+/m0/s1. The number of hydrogen-bond acceptors (Lipinski definition) is 7. The van der Waals surface area contributed by atoms with Gasteiger partial charge in [-0.3, -0.25) is 0 Å². The molecule has 8 heteroatoms. The van der Waals surface area contributed by atoms with E-state index in [9.17, 15) is 14.4 Å². The maximum atomic E-state index is 13.9. The Morgan fingerprint density at radius 2 is 1.80 bits per heavy atom. The third-order valence-electron chi connectivity index (χ3n) is 8.19. The van der Waals surface area contributed by atoms with E-state index in [0.29, 0.717) is 24.0 Å². The van der Waals surface area contributed by atoms with E-state index in [4.69, 9.17) is 18.6 Å². The Morgan fingerprint density at radius 1 is 1.07 bits per heavy atom. The summed E-state index contributed by atoms with van der Waals surface area (Å²) in [6.45, 7) is 16.8. The van der Waals surface area contributed by atoms with Crippen LogP contribution in [0.2, 0.25) is 18.1 Å². The molecule has 0 saturated carbocycles. The summed E-state index contributed by atoms with van der Waals surface area (Å²) in [7, 11) is -2.18. The fourth-order valence-corrected chi connectivity index (χ4v) is 6.03. The summed E-state index contributed by atoms with van der Waals surface area (Å²) in [6.07, 6.45) is 9.79. The molecule has 0 saturated heterocycles. The van der Waals surface area contributed by atoms with Gasteiger partial charge in [-0.05, 0) is 60.7 Å². The van der Waals surface area contributed by atoms with Crippen molar-refractivity contribution < 1.29 is 33.0 Å². The zero-order chi connectivity index (χ0) is 32.3. The molecule has 44 heavy (non-hydrogen) atoms. The summed E-state index contributed by atoms with van der Waals surface area (Å²) in [4.78, 5) is 39.0. The number of cyclic esters (lactones) is 1. The highest BCUT2D eigenvalue weighted by molar-refractivity contribution is 6.74. The van der Waals surface area contributed by atoms with Gasteiger partial charge < -0.3 is 18.6 Å². The van der Waals surface area contributed by atoms with Crippen LogP contribution in [0.5, 0.6) is 5.75 Å². The lowest BCUT2D eigenvalue weighted by Crippen LogP contribution is -2.46. The molecule has 236 valence electrons. The minimum Gasteiger partial charge on any atom is -0.458 e. The molecule has 1 aliphatic heterocycles. The third kappa shape index (κ3) is 9.89. The van der Waals surface area contributed by atoms with Crippen molar-refractivity contribution in [1.82, 2.24) is 0 Å². The third-order valence-corrected chi connectivity index (χ3v) is 12.7. The fraction of sp³-hybridized carbons (Fsp3) is 0.417. The highest BCUT2D eigenvalue weighted by Gasteiger charge is 2.41. The number of carbonyl (C=O) groups is 3. The molecule has 0 amide bonds. The van der Waals surface area contributed by atoms with Gasteiger partial charge in [-0.2, -0.15) is 0 Å². The summed E-state index contributed by atoms with van der Waals surface area (Å²) >= 11 is 0. The van der Waals surface area contributed by atoms with Gasteiger partial charge in [0.2, 0.25) is 0 Å². The van der Waals surface area contributed by atoms with Crippen LogP contribution in [-0.4, -0.2) is 45.0 Å². The number of fused-ring (bicyclic) bond motifs is 1. The average molecular weight is 619 g/mol. The molecule has 0 N–H and O–H groups in total. The molecule has 0 unspecified atom stereocenters. The number of allylic oxidation sites excluding steroid dienone is 2. The first-order valence-corrected chi connectivity index (χ1v) is 18.1. The van der Waals surface area contributed by atoms with E-state index in [1.54, 1.807) is 42.5 Å². The van der Waals surface area contributed by atoms with Gasteiger partial charge in [0, 0.05) is 18.9 Å². The highest BCUT2D eigenvalue weighted by Crippen LogP contribution is 2.39. The van der Waals surface area contributed by atoms with Crippen LogP contribution in [0.15, 0.2) is 85.5 Å². The van der Waals surface area contributed by atoms with Crippen molar-refractivity contribution >= 4 is 26.2 Å². The van der Waals surface area contributed by atoms with Gasteiger partial charge in [0.05, 0.1) is 11.7 Å². The van der Waals surface area contributed by atoms with Crippen LogP contribution >= 0.6 is 0 Å². The van der Waals surface area contributed by atoms with Crippen LogP contribution < -0.4 is 4.74 Å². The van der Waals surface area contributed by atoms with Crippen molar-refractivity contribution in [3.63, 3.8) is 0 Å². The molecular formula is C36H46O7Si. The monoisotopic (exact) mass is 618 g/mol. The molecule has 1 heterocycles. The van der Waals surface area contributed by atoms with Crippen LogP contribution in [0.3, 0.4) is 0 Å². The van der Waals surface area contributed by atoms with Gasteiger partial charge in [0.25, 0.3) is 0 Å². The summed E-state index contributed by atoms with van der Waals surface area (Å²) in [5, 5.41) is -0.0102. The first kappa shape index (κ1) is 34.7. The van der Waals surface area contributed by atoms with Crippen LogP contribution in [0.1, 0.15) is 73.2 Å². The molecule has 0 radical (unpaired) electrons. The van der Waals surface area contributed by atoms with Crippen molar-refractivity contribution in [3.8, 4) is 5.75 Å². The number of carbonyl (C=O) groups excluding carboxylic acids is 3. The van der Waals surface area contributed by atoms with Crippen LogP contribution in [0, 0.1) is 5.92 Å². The largest absolute Gasteiger partial charge is 0.458 e. The second-order valence-electron chi connectivity index (χ2n) is 12.7. The minimum atomic E-state index is -2.18. The lowest BCUT2D eigenvalue weighted by molar-refractivity contribution is -0.136. The van der Waals surface area contributed by atoms with Crippen molar-refractivity contribution in [2.24, 2.45) is 5.92 Å². The minimum absolute atomic E-state index is 0.0102. The smallest absolute Gasteiger partial charge is 0.343 e. The summed E-state index contributed by atoms with van der Waals surface area (Å²) in [5.74, 6) is -1.38. The summed E-state index contributed by atoms with van der Waals surface area (Å²) in [6, 6.07) is 13.8. The van der Waals surface area contributed by atoms with Crippen molar-refractivity contribution in [1.29, 1.82) is 0 Å². The first-order chi connectivity index (χ1) is 20.8. The molecule has 0 bridgehead atoms. The predicted molar refractivity (Wildman–Crippen MR) is 175 cm³/mol. The predicted octanol–water partition coefficient (Wildman–Crippen LogP) is 8.03. The van der Waals surface area contributed by atoms with E-state index in [1.807, 2.05) is 18.2 Å². The Kier molecular flexibility index (Phi) is 12.5. The van der Waals surface area contributed by atoms with Crippen LogP contribution in [-0.2, 0) is 25.1 Å². The number of benzene rings is 2. The quantitative estimate of drug-likeness (QED) is 0.0924. The van der Waals surface area contributed by atoms with Crippen molar-refractivity contribution in [2.75, 3.05) is 6.61 Å². The summed E-state index contributed by atoms with van der Waals surface area (Å²) < 4.78 is 23.9. The number of rotatable bonds is 9. The molecule has 0 spiro atoms. The van der Waals surface area contributed by atoms with Gasteiger partial charge in [0.1, 0.15) is 24.0 Å². The van der Waals surface area contributed by atoms with Crippen molar-refractivity contribution in [2.45, 2.75) is 83.7 Å². The topological polar surface area (TPSA) is 88.1 Å².